The highest BCUT2D eigenvalue weighted by Gasteiger charge is 2.24. The lowest BCUT2D eigenvalue weighted by Gasteiger charge is -2.17. The van der Waals surface area contributed by atoms with Gasteiger partial charge in [0.05, 0.1) is 17.4 Å². The summed E-state index contributed by atoms with van der Waals surface area (Å²) in [6, 6.07) is 8.44. The first kappa shape index (κ1) is 14.8. The number of amides is 1. The van der Waals surface area contributed by atoms with E-state index in [2.05, 4.69) is 10.4 Å². The van der Waals surface area contributed by atoms with Crippen molar-refractivity contribution in [3.63, 3.8) is 0 Å². The molecule has 1 aromatic carbocycles. The quantitative estimate of drug-likeness (QED) is 0.876. The van der Waals surface area contributed by atoms with E-state index in [-0.39, 0.29) is 5.92 Å². The van der Waals surface area contributed by atoms with Gasteiger partial charge in [-0.2, -0.15) is 5.10 Å². The smallest absolute Gasteiger partial charge is 0.326 e. The minimum Gasteiger partial charge on any atom is -0.480 e. The molecular formula is C15H17N3O3. The number of hydrogen-bond acceptors (Lipinski definition) is 3. The summed E-state index contributed by atoms with van der Waals surface area (Å²) < 4.78 is 1.57. The van der Waals surface area contributed by atoms with Crippen molar-refractivity contribution in [2.24, 2.45) is 5.92 Å². The van der Waals surface area contributed by atoms with E-state index < -0.39 is 17.9 Å². The zero-order valence-corrected chi connectivity index (χ0v) is 11.9. The molecule has 2 aromatic rings. The van der Waals surface area contributed by atoms with E-state index in [9.17, 15) is 9.59 Å². The van der Waals surface area contributed by atoms with Crippen molar-refractivity contribution in [3.05, 3.63) is 48.3 Å². The van der Waals surface area contributed by atoms with Gasteiger partial charge < -0.3 is 10.4 Å². The number of nitrogens with one attached hydrogen (secondary N) is 1. The summed E-state index contributed by atoms with van der Waals surface area (Å²) in [6.07, 6.45) is 2.99. The molecule has 0 aliphatic carbocycles. The number of carbonyl (C=O) groups excluding carboxylic acids is 1. The first-order chi connectivity index (χ1) is 9.99. The first-order valence-corrected chi connectivity index (χ1v) is 6.63. The normalized spacial score (nSPS) is 12.1. The Kier molecular flexibility index (Phi) is 4.37. The Morgan fingerprint density at radius 2 is 1.90 bits per heavy atom. The molecule has 0 spiro atoms. The molecule has 1 heterocycles. The van der Waals surface area contributed by atoms with E-state index in [0.717, 1.165) is 5.69 Å². The monoisotopic (exact) mass is 287 g/mol. The molecule has 0 unspecified atom stereocenters. The topological polar surface area (TPSA) is 84.2 Å². The van der Waals surface area contributed by atoms with Gasteiger partial charge in [-0.25, -0.2) is 9.48 Å². The number of hydrogen-bond donors (Lipinski definition) is 2. The molecule has 0 fully saturated rings. The number of nitrogens with zero attached hydrogens (tertiary/aromatic N) is 2. The predicted octanol–water partition coefficient (Wildman–Crippen LogP) is 1.71. The molecule has 0 bridgehead atoms. The fourth-order valence-corrected chi connectivity index (χ4v) is 1.90. The maximum Gasteiger partial charge on any atom is 0.326 e. The minimum absolute atomic E-state index is 0.199. The van der Waals surface area contributed by atoms with Gasteiger partial charge in [0.25, 0.3) is 5.91 Å². The molecule has 1 aromatic heterocycles. The lowest BCUT2D eigenvalue weighted by molar-refractivity contribution is -0.140. The van der Waals surface area contributed by atoms with E-state index in [1.165, 1.54) is 6.20 Å². The van der Waals surface area contributed by atoms with E-state index in [1.54, 1.807) is 24.7 Å². The number of benzene rings is 1. The molecule has 6 nitrogen and oxygen atoms in total. The summed E-state index contributed by atoms with van der Waals surface area (Å²) in [5.41, 5.74) is 1.15. The Balaban J connectivity index is 2.14. The Morgan fingerprint density at radius 1 is 1.24 bits per heavy atom. The van der Waals surface area contributed by atoms with Gasteiger partial charge in [-0.05, 0) is 18.1 Å². The second-order valence-corrected chi connectivity index (χ2v) is 5.04. The fourth-order valence-electron chi connectivity index (χ4n) is 1.90. The Bertz CT molecular complexity index is 635. The molecule has 0 saturated carbocycles. The van der Waals surface area contributed by atoms with Crippen LogP contribution in [0, 0.1) is 5.92 Å². The van der Waals surface area contributed by atoms with Crippen LogP contribution in [0.15, 0.2) is 42.7 Å². The highest BCUT2D eigenvalue weighted by molar-refractivity contribution is 5.96. The van der Waals surface area contributed by atoms with Gasteiger partial charge in [0.1, 0.15) is 6.04 Å². The number of para-hydroxylation sites is 1. The van der Waals surface area contributed by atoms with Crippen LogP contribution in [-0.4, -0.2) is 32.8 Å². The minimum atomic E-state index is -1.05. The summed E-state index contributed by atoms with van der Waals surface area (Å²) in [6.45, 7) is 3.49. The van der Waals surface area contributed by atoms with Crippen molar-refractivity contribution in [1.82, 2.24) is 15.1 Å². The molecule has 2 N–H and O–H groups in total. The molecule has 0 saturated heterocycles. The summed E-state index contributed by atoms with van der Waals surface area (Å²) >= 11 is 0. The van der Waals surface area contributed by atoms with E-state index in [0.29, 0.717) is 5.56 Å². The van der Waals surface area contributed by atoms with Crippen molar-refractivity contribution < 1.29 is 14.7 Å². The summed E-state index contributed by atoms with van der Waals surface area (Å²) in [7, 11) is 0. The van der Waals surface area contributed by atoms with Crippen LogP contribution in [0.2, 0.25) is 0 Å². The maximum absolute atomic E-state index is 12.1. The van der Waals surface area contributed by atoms with Gasteiger partial charge >= 0.3 is 5.97 Å². The summed E-state index contributed by atoms with van der Waals surface area (Å²) in [5, 5.41) is 15.7. The average Bonchev–Trinajstić information content (AvgIpc) is 2.94. The number of carboxylic acid groups (broad SMARTS) is 1. The van der Waals surface area contributed by atoms with Gasteiger partial charge in [0.15, 0.2) is 0 Å². The fraction of sp³-hybridized carbons (Fsp3) is 0.267. The Morgan fingerprint density at radius 3 is 2.48 bits per heavy atom. The molecule has 21 heavy (non-hydrogen) atoms. The SMILES string of the molecule is CC(C)[C@H](NC(=O)c1cnn(-c2ccccc2)c1)C(=O)O. The van der Waals surface area contributed by atoms with Crippen molar-refractivity contribution in [3.8, 4) is 5.69 Å². The van der Waals surface area contributed by atoms with Crippen LogP contribution in [0.5, 0.6) is 0 Å². The standard InChI is InChI=1S/C15H17N3O3/c1-10(2)13(15(20)21)17-14(19)11-8-16-18(9-11)12-6-4-3-5-7-12/h3-10,13H,1-2H3,(H,17,19)(H,20,21)/t13-/m0/s1. The molecule has 1 atom stereocenters. The third-order valence-corrected chi connectivity index (χ3v) is 3.08. The highest BCUT2D eigenvalue weighted by atomic mass is 16.4. The van der Waals surface area contributed by atoms with Crippen molar-refractivity contribution >= 4 is 11.9 Å². The molecule has 6 heteroatoms. The van der Waals surface area contributed by atoms with Crippen LogP contribution in [0.1, 0.15) is 24.2 Å². The highest BCUT2D eigenvalue weighted by Crippen LogP contribution is 2.09. The Labute approximate surface area is 122 Å². The zero-order chi connectivity index (χ0) is 15.4. The first-order valence-electron chi connectivity index (χ1n) is 6.63. The number of aliphatic carboxylic acids is 1. The van der Waals surface area contributed by atoms with E-state index >= 15 is 0 Å². The molecule has 0 aliphatic rings. The van der Waals surface area contributed by atoms with Gasteiger partial charge in [0.2, 0.25) is 0 Å². The zero-order valence-electron chi connectivity index (χ0n) is 11.9. The number of carboxylic acids is 1. The predicted molar refractivity (Wildman–Crippen MR) is 77.3 cm³/mol. The van der Waals surface area contributed by atoms with Gasteiger partial charge in [-0.1, -0.05) is 32.0 Å². The molecular weight excluding hydrogens is 270 g/mol. The number of carbonyl (C=O) groups is 2. The summed E-state index contributed by atoms with van der Waals surface area (Å²) in [4.78, 5) is 23.2. The van der Waals surface area contributed by atoms with Gasteiger partial charge in [0, 0.05) is 6.20 Å². The average molecular weight is 287 g/mol. The van der Waals surface area contributed by atoms with Crippen LogP contribution < -0.4 is 5.32 Å². The third-order valence-electron chi connectivity index (χ3n) is 3.08. The lowest BCUT2D eigenvalue weighted by Crippen LogP contribution is -2.44. The Hall–Kier alpha value is -2.63. The van der Waals surface area contributed by atoms with Crippen molar-refractivity contribution in [2.75, 3.05) is 0 Å². The molecule has 2 rings (SSSR count). The second kappa shape index (κ2) is 6.21. The lowest BCUT2D eigenvalue weighted by atomic mass is 10.0. The van der Waals surface area contributed by atoms with Crippen molar-refractivity contribution in [1.29, 1.82) is 0 Å². The second-order valence-electron chi connectivity index (χ2n) is 5.04. The van der Waals surface area contributed by atoms with Crippen molar-refractivity contribution in [2.45, 2.75) is 19.9 Å². The number of rotatable bonds is 5. The van der Waals surface area contributed by atoms with Crippen LogP contribution in [0.3, 0.4) is 0 Å². The summed E-state index contributed by atoms with van der Waals surface area (Å²) in [5.74, 6) is -1.69. The third kappa shape index (κ3) is 3.47. The number of aromatic nitrogens is 2. The van der Waals surface area contributed by atoms with Crippen LogP contribution >= 0.6 is 0 Å². The maximum atomic E-state index is 12.1. The van der Waals surface area contributed by atoms with E-state index in [1.807, 2.05) is 30.3 Å². The van der Waals surface area contributed by atoms with Crippen LogP contribution in [0.25, 0.3) is 5.69 Å². The van der Waals surface area contributed by atoms with Gasteiger partial charge in [-0.15, -0.1) is 0 Å². The van der Waals surface area contributed by atoms with E-state index in [4.69, 9.17) is 5.11 Å². The molecule has 110 valence electrons. The molecule has 0 aliphatic heterocycles. The van der Waals surface area contributed by atoms with Crippen LogP contribution in [0.4, 0.5) is 0 Å². The molecule has 0 radical (unpaired) electrons. The van der Waals surface area contributed by atoms with Crippen LogP contribution in [-0.2, 0) is 4.79 Å². The van der Waals surface area contributed by atoms with Gasteiger partial charge in [-0.3, -0.25) is 4.79 Å². The molecule has 1 amide bonds. The largest absolute Gasteiger partial charge is 0.480 e.